The van der Waals surface area contributed by atoms with Gasteiger partial charge in [0.15, 0.2) is 0 Å². The first kappa shape index (κ1) is 13.8. The van der Waals surface area contributed by atoms with Gasteiger partial charge in [0, 0.05) is 17.9 Å². The van der Waals surface area contributed by atoms with Crippen LogP contribution in [-0.2, 0) is 12.3 Å². The van der Waals surface area contributed by atoms with E-state index >= 15 is 0 Å². The van der Waals surface area contributed by atoms with E-state index in [0.29, 0.717) is 6.54 Å². The van der Waals surface area contributed by atoms with Crippen molar-refractivity contribution >= 4 is 11.8 Å². The van der Waals surface area contributed by atoms with Gasteiger partial charge in [0.05, 0.1) is 7.11 Å². The third-order valence-corrected chi connectivity index (χ3v) is 4.91. The zero-order valence-electron chi connectivity index (χ0n) is 11.2. The normalized spacial score (nSPS) is 16.1. The van der Waals surface area contributed by atoms with Gasteiger partial charge in [0.1, 0.15) is 5.75 Å². The summed E-state index contributed by atoms with van der Waals surface area (Å²) in [7, 11) is 1.70. The van der Waals surface area contributed by atoms with Crippen molar-refractivity contribution in [1.82, 2.24) is 0 Å². The fraction of sp³-hybridized carbons (Fsp3) is 0.600. The number of hydrogen-bond donors (Lipinski definition) is 1. The number of rotatable bonds is 6. The lowest BCUT2D eigenvalue weighted by Crippen LogP contribution is -2.01. The molecule has 0 spiro atoms. The van der Waals surface area contributed by atoms with Gasteiger partial charge in [-0.1, -0.05) is 18.9 Å². The van der Waals surface area contributed by atoms with Crippen molar-refractivity contribution in [3.05, 3.63) is 29.3 Å². The van der Waals surface area contributed by atoms with Gasteiger partial charge in [-0.05, 0) is 42.2 Å². The minimum absolute atomic E-state index is 0.546. The molecule has 0 saturated heterocycles. The van der Waals surface area contributed by atoms with Crippen LogP contribution in [0.2, 0.25) is 0 Å². The molecule has 0 amide bonds. The molecule has 0 aromatic heterocycles. The smallest absolute Gasteiger partial charge is 0.123 e. The van der Waals surface area contributed by atoms with Crippen LogP contribution < -0.4 is 10.5 Å². The summed E-state index contributed by atoms with van der Waals surface area (Å²) in [6.45, 7) is 0.546. The molecule has 18 heavy (non-hydrogen) atoms. The maximum atomic E-state index is 5.74. The fourth-order valence-corrected chi connectivity index (χ4v) is 3.80. The van der Waals surface area contributed by atoms with E-state index in [9.17, 15) is 0 Å². The highest BCUT2D eigenvalue weighted by molar-refractivity contribution is 7.98. The first-order valence-electron chi connectivity index (χ1n) is 6.77. The van der Waals surface area contributed by atoms with Crippen LogP contribution in [0.25, 0.3) is 0 Å². The van der Waals surface area contributed by atoms with Crippen molar-refractivity contribution in [2.24, 2.45) is 11.7 Å². The third kappa shape index (κ3) is 3.66. The lowest BCUT2D eigenvalue weighted by molar-refractivity contribution is 0.409. The molecular weight excluding hydrogens is 242 g/mol. The van der Waals surface area contributed by atoms with Gasteiger partial charge < -0.3 is 10.5 Å². The number of ether oxygens (including phenoxy) is 1. The number of methoxy groups -OCH3 is 1. The van der Waals surface area contributed by atoms with Gasteiger partial charge >= 0.3 is 0 Å². The van der Waals surface area contributed by atoms with Gasteiger partial charge in [-0.2, -0.15) is 11.8 Å². The molecule has 1 aromatic rings. The molecule has 0 heterocycles. The van der Waals surface area contributed by atoms with E-state index in [-0.39, 0.29) is 0 Å². The standard InChI is InChI=1S/C15H23NOS/c1-17-15-7-6-13(8-14(15)9-16)11-18-10-12-4-2-3-5-12/h6-8,12H,2-5,9-11,16H2,1H3. The summed E-state index contributed by atoms with van der Waals surface area (Å²) in [5, 5.41) is 0. The quantitative estimate of drug-likeness (QED) is 0.854. The Morgan fingerprint density at radius 2 is 2.11 bits per heavy atom. The minimum Gasteiger partial charge on any atom is -0.496 e. The average Bonchev–Trinajstić information content (AvgIpc) is 2.91. The van der Waals surface area contributed by atoms with Gasteiger partial charge in [-0.15, -0.1) is 0 Å². The lowest BCUT2D eigenvalue weighted by Gasteiger charge is -2.11. The number of thioether (sulfide) groups is 1. The summed E-state index contributed by atoms with van der Waals surface area (Å²) in [5.74, 6) is 4.27. The Labute approximate surface area is 114 Å². The second-order valence-corrected chi connectivity index (χ2v) is 6.05. The molecule has 2 N–H and O–H groups in total. The Balaban J connectivity index is 1.84. The monoisotopic (exact) mass is 265 g/mol. The summed E-state index contributed by atoms with van der Waals surface area (Å²) in [5.41, 5.74) is 8.20. The first-order valence-corrected chi connectivity index (χ1v) is 7.92. The minimum atomic E-state index is 0.546. The maximum Gasteiger partial charge on any atom is 0.123 e. The Morgan fingerprint density at radius 1 is 1.33 bits per heavy atom. The molecule has 3 heteroatoms. The summed E-state index contributed by atoms with van der Waals surface area (Å²) < 4.78 is 5.29. The van der Waals surface area contributed by atoms with Crippen LogP contribution in [0.3, 0.4) is 0 Å². The predicted octanol–water partition coefficient (Wildman–Crippen LogP) is 3.58. The van der Waals surface area contributed by atoms with E-state index in [1.165, 1.54) is 37.0 Å². The van der Waals surface area contributed by atoms with Crippen LogP contribution in [0.15, 0.2) is 18.2 Å². The lowest BCUT2D eigenvalue weighted by atomic mass is 10.1. The van der Waals surface area contributed by atoms with Crippen LogP contribution in [0.5, 0.6) is 5.75 Å². The molecule has 1 saturated carbocycles. The van der Waals surface area contributed by atoms with E-state index in [0.717, 1.165) is 23.0 Å². The molecule has 2 rings (SSSR count). The van der Waals surface area contributed by atoms with Crippen molar-refractivity contribution in [2.75, 3.05) is 12.9 Å². The van der Waals surface area contributed by atoms with Gasteiger partial charge in [0.2, 0.25) is 0 Å². The van der Waals surface area contributed by atoms with Crippen LogP contribution in [0, 0.1) is 5.92 Å². The van der Waals surface area contributed by atoms with Crippen LogP contribution in [0.4, 0.5) is 0 Å². The van der Waals surface area contributed by atoms with E-state index in [4.69, 9.17) is 10.5 Å². The van der Waals surface area contributed by atoms with Crippen molar-refractivity contribution in [3.8, 4) is 5.75 Å². The highest BCUT2D eigenvalue weighted by atomic mass is 32.2. The van der Waals surface area contributed by atoms with Gasteiger partial charge in [0.25, 0.3) is 0 Å². The molecule has 1 aliphatic carbocycles. The Kier molecular flexibility index (Phi) is 5.39. The second-order valence-electron chi connectivity index (χ2n) is 5.02. The van der Waals surface area contributed by atoms with Crippen LogP contribution in [-0.4, -0.2) is 12.9 Å². The highest BCUT2D eigenvalue weighted by Gasteiger charge is 2.14. The van der Waals surface area contributed by atoms with Crippen LogP contribution >= 0.6 is 11.8 Å². The molecule has 2 nitrogen and oxygen atoms in total. The summed E-state index contributed by atoms with van der Waals surface area (Å²) >= 11 is 2.05. The fourth-order valence-electron chi connectivity index (χ4n) is 2.60. The van der Waals surface area contributed by atoms with Crippen molar-refractivity contribution in [2.45, 2.75) is 38.0 Å². The Morgan fingerprint density at radius 3 is 2.78 bits per heavy atom. The maximum absolute atomic E-state index is 5.74. The summed E-state index contributed by atoms with van der Waals surface area (Å²) in [6.07, 6.45) is 5.74. The molecule has 0 bridgehead atoms. The number of hydrogen-bond acceptors (Lipinski definition) is 3. The number of nitrogens with two attached hydrogens (primary N) is 1. The molecule has 1 fully saturated rings. The van der Waals surface area contributed by atoms with Crippen molar-refractivity contribution < 1.29 is 4.74 Å². The van der Waals surface area contributed by atoms with Crippen LogP contribution in [0.1, 0.15) is 36.8 Å². The van der Waals surface area contributed by atoms with E-state index in [2.05, 4.69) is 23.9 Å². The SMILES string of the molecule is COc1ccc(CSCC2CCCC2)cc1CN. The molecular formula is C15H23NOS. The summed E-state index contributed by atoms with van der Waals surface area (Å²) in [4.78, 5) is 0. The molecule has 0 atom stereocenters. The largest absolute Gasteiger partial charge is 0.496 e. The molecule has 0 unspecified atom stereocenters. The zero-order chi connectivity index (χ0) is 12.8. The Hall–Kier alpha value is -0.670. The van der Waals surface area contributed by atoms with Crippen molar-refractivity contribution in [3.63, 3.8) is 0 Å². The molecule has 0 aliphatic heterocycles. The third-order valence-electron chi connectivity index (χ3n) is 3.66. The van der Waals surface area contributed by atoms with E-state index < -0.39 is 0 Å². The summed E-state index contributed by atoms with van der Waals surface area (Å²) in [6, 6.07) is 6.37. The second kappa shape index (κ2) is 7.05. The molecule has 1 aromatic carbocycles. The molecule has 1 aliphatic rings. The van der Waals surface area contributed by atoms with E-state index in [1.54, 1.807) is 7.11 Å². The first-order chi connectivity index (χ1) is 8.83. The Bertz CT molecular complexity index is 375. The van der Waals surface area contributed by atoms with E-state index in [1.807, 2.05) is 6.07 Å². The average molecular weight is 265 g/mol. The predicted molar refractivity (Wildman–Crippen MR) is 79.0 cm³/mol. The van der Waals surface area contributed by atoms with Gasteiger partial charge in [-0.3, -0.25) is 0 Å². The highest BCUT2D eigenvalue weighted by Crippen LogP contribution is 2.29. The van der Waals surface area contributed by atoms with Gasteiger partial charge in [-0.25, -0.2) is 0 Å². The molecule has 100 valence electrons. The zero-order valence-corrected chi connectivity index (χ0v) is 12.0. The van der Waals surface area contributed by atoms with Crippen molar-refractivity contribution in [1.29, 1.82) is 0 Å². The topological polar surface area (TPSA) is 35.2 Å². The molecule has 0 radical (unpaired) electrons. The number of benzene rings is 1.